The molecule has 1 heterocycles. The number of hydrogen-bond acceptors (Lipinski definition) is 6. The first-order valence-corrected chi connectivity index (χ1v) is 11.9. The lowest BCUT2D eigenvalue weighted by Crippen LogP contribution is -2.53. The second-order valence-electron chi connectivity index (χ2n) is 8.81. The van der Waals surface area contributed by atoms with Gasteiger partial charge in [-0.2, -0.15) is 4.31 Å². The molecule has 2 rings (SSSR count). The summed E-state index contributed by atoms with van der Waals surface area (Å²) < 4.78 is 44.4. The first kappa shape index (κ1) is 26.5. The summed E-state index contributed by atoms with van der Waals surface area (Å²) >= 11 is 0. The zero-order valence-corrected chi connectivity index (χ0v) is 20.4. The lowest BCUT2D eigenvalue weighted by atomic mass is 10.2. The lowest BCUT2D eigenvalue weighted by Gasteiger charge is -2.36. The molecule has 0 unspecified atom stereocenters. The molecule has 1 saturated heterocycles. The molecule has 1 fully saturated rings. The third-order valence-electron chi connectivity index (χ3n) is 4.96. The molecule has 0 atom stereocenters. The van der Waals surface area contributed by atoms with Crippen molar-refractivity contribution in [1.82, 2.24) is 19.0 Å². The quantitative estimate of drug-likeness (QED) is 0.593. The number of sulfonamides is 1. The number of nitrogens with zero attached hydrogens (tertiary/aromatic N) is 4. The van der Waals surface area contributed by atoms with Crippen LogP contribution in [0.25, 0.3) is 0 Å². The monoisotopic (exact) mass is 486 g/mol. The van der Waals surface area contributed by atoms with Gasteiger partial charge >= 0.3 is 6.09 Å². The van der Waals surface area contributed by atoms with Crippen LogP contribution in [-0.2, 0) is 24.3 Å². The van der Waals surface area contributed by atoms with Crippen molar-refractivity contribution in [1.29, 1.82) is 0 Å². The van der Waals surface area contributed by atoms with Gasteiger partial charge in [-0.15, -0.1) is 0 Å². The number of piperazine rings is 1. The fourth-order valence-electron chi connectivity index (χ4n) is 3.04. The molecule has 0 bridgehead atoms. The number of rotatable bonds is 6. The van der Waals surface area contributed by atoms with Crippen LogP contribution in [-0.4, -0.2) is 104 Å². The van der Waals surface area contributed by atoms with Crippen LogP contribution in [0.15, 0.2) is 29.2 Å². The van der Waals surface area contributed by atoms with E-state index in [1.54, 1.807) is 25.7 Å². The van der Waals surface area contributed by atoms with Gasteiger partial charge in [0.1, 0.15) is 11.4 Å². The zero-order chi connectivity index (χ0) is 25.0. The molecule has 0 spiro atoms. The number of likely N-dealkylation sites (N-methyl/N-ethyl adjacent to an activating group) is 2. The SMILES string of the molecule is CN(CC(=O)N1CCN(C(=O)OC(C)(C)C)CC1)C(=O)CN(C)S(=O)(=O)c1ccc(F)cc1. The number of hydrogen-bond donors (Lipinski definition) is 0. The minimum absolute atomic E-state index is 0.138. The van der Waals surface area contributed by atoms with Gasteiger partial charge in [-0.3, -0.25) is 9.59 Å². The van der Waals surface area contributed by atoms with E-state index >= 15 is 0 Å². The molecule has 1 aromatic rings. The van der Waals surface area contributed by atoms with E-state index in [4.69, 9.17) is 4.74 Å². The van der Waals surface area contributed by atoms with E-state index in [-0.39, 0.29) is 17.3 Å². The molecule has 1 aromatic carbocycles. The van der Waals surface area contributed by atoms with Crippen LogP contribution >= 0.6 is 0 Å². The number of ether oxygens (including phenoxy) is 1. The Morgan fingerprint density at radius 1 is 0.970 bits per heavy atom. The van der Waals surface area contributed by atoms with Crippen LogP contribution in [0.4, 0.5) is 9.18 Å². The average molecular weight is 487 g/mol. The van der Waals surface area contributed by atoms with Crippen molar-refractivity contribution < 1.29 is 31.9 Å². The summed E-state index contributed by atoms with van der Waals surface area (Å²) in [5.74, 6) is -1.44. The van der Waals surface area contributed by atoms with Gasteiger partial charge in [-0.1, -0.05) is 0 Å². The summed E-state index contributed by atoms with van der Waals surface area (Å²) in [5, 5.41) is 0. The molecule has 0 aromatic heterocycles. The van der Waals surface area contributed by atoms with Gasteiger partial charge in [0.2, 0.25) is 21.8 Å². The highest BCUT2D eigenvalue weighted by Crippen LogP contribution is 2.15. The summed E-state index contributed by atoms with van der Waals surface area (Å²) in [6, 6.07) is 4.29. The van der Waals surface area contributed by atoms with Crippen LogP contribution in [0.5, 0.6) is 0 Å². The second kappa shape index (κ2) is 10.5. The topological polar surface area (TPSA) is 108 Å². The van der Waals surface area contributed by atoms with Gasteiger partial charge in [-0.05, 0) is 45.0 Å². The van der Waals surface area contributed by atoms with E-state index in [2.05, 4.69) is 0 Å². The van der Waals surface area contributed by atoms with E-state index in [1.165, 1.54) is 19.0 Å². The van der Waals surface area contributed by atoms with E-state index in [0.29, 0.717) is 26.2 Å². The predicted octanol–water partition coefficient (Wildman–Crippen LogP) is 0.984. The minimum Gasteiger partial charge on any atom is -0.444 e. The standard InChI is InChI=1S/C21H31FN4O6S/c1-21(2,3)32-20(29)26-12-10-25(11-13-26)19(28)14-23(4)18(27)15-24(5)33(30,31)17-8-6-16(22)7-9-17/h6-9H,10-15H2,1-5H3. The Morgan fingerprint density at radius 3 is 2.00 bits per heavy atom. The van der Waals surface area contributed by atoms with Crippen LogP contribution < -0.4 is 0 Å². The van der Waals surface area contributed by atoms with Crippen LogP contribution in [0.1, 0.15) is 20.8 Å². The molecular weight excluding hydrogens is 455 g/mol. The normalized spacial score (nSPS) is 14.9. The third kappa shape index (κ3) is 7.39. The molecule has 1 aliphatic heterocycles. The molecule has 0 N–H and O–H groups in total. The Labute approximate surface area is 193 Å². The Balaban J connectivity index is 1.86. The Bertz CT molecular complexity index is 969. The molecule has 0 saturated carbocycles. The van der Waals surface area contributed by atoms with E-state index < -0.39 is 40.0 Å². The maximum Gasteiger partial charge on any atom is 0.410 e. The number of benzene rings is 1. The van der Waals surface area contributed by atoms with Crippen molar-refractivity contribution in [2.45, 2.75) is 31.3 Å². The first-order chi connectivity index (χ1) is 15.2. The number of halogens is 1. The molecule has 184 valence electrons. The predicted molar refractivity (Wildman–Crippen MR) is 118 cm³/mol. The molecule has 1 aliphatic rings. The van der Waals surface area contributed by atoms with Gasteiger partial charge < -0.3 is 19.4 Å². The van der Waals surface area contributed by atoms with Crippen LogP contribution in [0.3, 0.4) is 0 Å². The first-order valence-electron chi connectivity index (χ1n) is 10.4. The molecule has 3 amide bonds. The minimum atomic E-state index is -3.99. The highest BCUT2D eigenvalue weighted by molar-refractivity contribution is 7.89. The van der Waals surface area contributed by atoms with Crippen LogP contribution in [0.2, 0.25) is 0 Å². The molecule has 12 heteroatoms. The van der Waals surface area contributed by atoms with Gasteiger partial charge in [0.25, 0.3) is 0 Å². The van der Waals surface area contributed by atoms with Crippen molar-refractivity contribution >= 4 is 27.9 Å². The van der Waals surface area contributed by atoms with Gasteiger partial charge in [-0.25, -0.2) is 17.6 Å². The van der Waals surface area contributed by atoms with E-state index in [9.17, 15) is 27.2 Å². The maximum absolute atomic E-state index is 13.1. The smallest absolute Gasteiger partial charge is 0.410 e. The Kier molecular flexibility index (Phi) is 8.41. The number of carbonyl (C=O) groups is 3. The van der Waals surface area contributed by atoms with Crippen molar-refractivity contribution in [2.24, 2.45) is 0 Å². The zero-order valence-electron chi connectivity index (χ0n) is 19.6. The Hall–Kier alpha value is -2.73. The molecule has 0 radical (unpaired) electrons. The number of carbonyl (C=O) groups excluding carboxylic acids is 3. The highest BCUT2D eigenvalue weighted by Gasteiger charge is 2.29. The second-order valence-corrected chi connectivity index (χ2v) is 10.9. The molecule has 0 aliphatic carbocycles. The summed E-state index contributed by atoms with van der Waals surface area (Å²) in [7, 11) is -1.34. The summed E-state index contributed by atoms with van der Waals surface area (Å²) in [5.41, 5.74) is -0.607. The molecule has 10 nitrogen and oxygen atoms in total. The molecular formula is C21H31FN4O6S. The van der Waals surface area contributed by atoms with Gasteiger partial charge in [0, 0.05) is 40.3 Å². The van der Waals surface area contributed by atoms with Crippen molar-refractivity contribution in [3.05, 3.63) is 30.1 Å². The van der Waals surface area contributed by atoms with Crippen molar-refractivity contribution in [2.75, 3.05) is 53.4 Å². The average Bonchev–Trinajstić information content (AvgIpc) is 2.72. The van der Waals surface area contributed by atoms with Crippen molar-refractivity contribution in [3.63, 3.8) is 0 Å². The molecule has 33 heavy (non-hydrogen) atoms. The van der Waals surface area contributed by atoms with Crippen LogP contribution in [0, 0.1) is 5.82 Å². The van der Waals surface area contributed by atoms with Gasteiger partial charge in [0.05, 0.1) is 18.0 Å². The lowest BCUT2D eigenvalue weighted by molar-refractivity contribution is -0.140. The van der Waals surface area contributed by atoms with E-state index in [0.717, 1.165) is 33.5 Å². The maximum atomic E-state index is 13.1. The third-order valence-corrected chi connectivity index (χ3v) is 6.78. The number of amides is 3. The van der Waals surface area contributed by atoms with Crippen molar-refractivity contribution in [3.8, 4) is 0 Å². The highest BCUT2D eigenvalue weighted by atomic mass is 32.2. The summed E-state index contributed by atoms with van der Waals surface area (Å²) in [6.07, 6.45) is -0.438. The summed E-state index contributed by atoms with van der Waals surface area (Å²) in [4.78, 5) is 41.3. The fourth-order valence-corrected chi connectivity index (χ4v) is 4.16. The Morgan fingerprint density at radius 2 is 1.48 bits per heavy atom. The van der Waals surface area contributed by atoms with Gasteiger partial charge in [0.15, 0.2) is 0 Å². The fraction of sp³-hybridized carbons (Fsp3) is 0.571. The largest absolute Gasteiger partial charge is 0.444 e. The van der Waals surface area contributed by atoms with E-state index in [1.807, 2.05) is 0 Å². The summed E-state index contributed by atoms with van der Waals surface area (Å²) in [6.45, 7) is 5.87.